The number of ether oxygens (including phenoxy) is 1. The number of nitrogen functional groups attached to an aromatic ring is 1. The van der Waals surface area contributed by atoms with Crippen LogP contribution in [0.15, 0.2) is 17.2 Å². The Bertz CT molecular complexity index is 285. The van der Waals surface area contributed by atoms with Gasteiger partial charge in [-0.15, -0.1) is 22.0 Å². The standard InChI is InChI=1S/C9H13N3OS/c10-8-1-2-9(12-11-8)14-7-3-5-13-6-4-7/h1-2,7H,3-6H2,(H2,10,11). The summed E-state index contributed by atoms with van der Waals surface area (Å²) in [6, 6.07) is 3.71. The van der Waals surface area contributed by atoms with Crippen LogP contribution in [0, 0.1) is 0 Å². The molecule has 1 fully saturated rings. The third kappa shape index (κ3) is 2.59. The van der Waals surface area contributed by atoms with Crippen molar-refractivity contribution >= 4 is 17.6 Å². The third-order valence-electron chi connectivity index (χ3n) is 2.12. The molecule has 0 unspecified atom stereocenters. The van der Waals surface area contributed by atoms with E-state index in [1.165, 1.54) is 0 Å². The van der Waals surface area contributed by atoms with Gasteiger partial charge in [-0.2, -0.15) is 0 Å². The maximum absolute atomic E-state index is 5.46. The average molecular weight is 211 g/mol. The van der Waals surface area contributed by atoms with Gasteiger partial charge in [0.1, 0.15) is 10.8 Å². The molecule has 14 heavy (non-hydrogen) atoms. The van der Waals surface area contributed by atoms with E-state index in [-0.39, 0.29) is 0 Å². The molecular weight excluding hydrogens is 198 g/mol. The van der Waals surface area contributed by atoms with Crippen molar-refractivity contribution in [2.45, 2.75) is 23.1 Å². The zero-order valence-corrected chi connectivity index (χ0v) is 8.67. The highest BCUT2D eigenvalue weighted by molar-refractivity contribution is 7.99. The largest absolute Gasteiger partial charge is 0.382 e. The monoisotopic (exact) mass is 211 g/mol. The van der Waals surface area contributed by atoms with Crippen LogP contribution in [-0.2, 0) is 4.74 Å². The Labute approximate surface area is 87.2 Å². The number of nitrogens with zero attached hydrogens (tertiary/aromatic N) is 2. The Kier molecular flexibility index (Phi) is 3.21. The van der Waals surface area contributed by atoms with Gasteiger partial charge in [-0.1, -0.05) is 0 Å². The molecule has 2 N–H and O–H groups in total. The fraction of sp³-hybridized carbons (Fsp3) is 0.556. The molecule has 2 heterocycles. The molecule has 0 aliphatic carbocycles. The zero-order chi connectivity index (χ0) is 9.80. The number of rotatable bonds is 2. The molecule has 0 saturated carbocycles. The lowest BCUT2D eigenvalue weighted by molar-refractivity contribution is 0.1000. The van der Waals surface area contributed by atoms with E-state index in [9.17, 15) is 0 Å². The maximum Gasteiger partial charge on any atom is 0.146 e. The van der Waals surface area contributed by atoms with Gasteiger partial charge >= 0.3 is 0 Å². The van der Waals surface area contributed by atoms with E-state index in [0.717, 1.165) is 31.1 Å². The lowest BCUT2D eigenvalue weighted by Crippen LogP contribution is -2.17. The van der Waals surface area contributed by atoms with E-state index >= 15 is 0 Å². The summed E-state index contributed by atoms with van der Waals surface area (Å²) in [6.45, 7) is 1.72. The highest BCUT2D eigenvalue weighted by atomic mass is 32.2. The minimum atomic E-state index is 0.473. The molecule has 5 heteroatoms. The summed E-state index contributed by atoms with van der Waals surface area (Å²) >= 11 is 1.76. The SMILES string of the molecule is Nc1ccc(SC2CCOCC2)nn1. The maximum atomic E-state index is 5.46. The quantitative estimate of drug-likeness (QED) is 0.799. The minimum absolute atomic E-state index is 0.473. The van der Waals surface area contributed by atoms with Crippen LogP contribution in [0.25, 0.3) is 0 Å². The molecule has 1 aliphatic rings. The molecule has 2 rings (SSSR count). The van der Waals surface area contributed by atoms with Crippen molar-refractivity contribution in [3.8, 4) is 0 Å². The van der Waals surface area contributed by atoms with Crippen LogP contribution in [0.4, 0.5) is 5.82 Å². The van der Waals surface area contributed by atoms with E-state index in [4.69, 9.17) is 10.5 Å². The highest BCUT2D eigenvalue weighted by Crippen LogP contribution is 2.27. The van der Waals surface area contributed by atoms with Gasteiger partial charge in [0.2, 0.25) is 0 Å². The summed E-state index contributed by atoms with van der Waals surface area (Å²) in [7, 11) is 0. The summed E-state index contributed by atoms with van der Waals surface area (Å²) in [4.78, 5) is 0. The van der Waals surface area contributed by atoms with Crippen LogP contribution >= 0.6 is 11.8 Å². The second kappa shape index (κ2) is 4.61. The summed E-state index contributed by atoms with van der Waals surface area (Å²) in [6.07, 6.45) is 2.19. The van der Waals surface area contributed by atoms with Crippen molar-refractivity contribution in [1.29, 1.82) is 0 Å². The van der Waals surface area contributed by atoms with Crippen molar-refractivity contribution in [1.82, 2.24) is 10.2 Å². The number of hydrogen-bond acceptors (Lipinski definition) is 5. The van der Waals surface area contributed by atoms with Crippen molar-refractivity contribution in [2.24, 2.45) is 0 Å². The van der Waals surface area contributed by atoms with Crippen LogP contribution in [0.5, 0.6) is 0 Å². The summed E-state index contributed by atoms with van der Waals surface area (Å²) in [5, 5.41) is 9.40. The van der Waals surface area contributed by atoms with Crippen LogP contribution < -0.4 is 5.73 Å². The van der Waals surface area contributed by atoms with Gasteiger partial charge in [0, 0.05) is 18.5 Å². The van der Waals surface area contributed by atoms with Crippen molar-refractivity contribution in [2.75, 3.05) is 18.9 Å². The predicted molar refractivity (Wildman–Crippen MR) is 56.1 cm³/mol. The molecule has 0 amide bonds. The summed E-state index contributed by atoms with van der Waals surface area (Å²) < 4.78 is 5.29. The molecule has 0 bridgehead atoms. The first kappa shape index (κ1) is 9.73. The molecule has 1 aromatic heterocycles. The van der Waals surface area contributed by atoms with Crippen LogP contribution in [-0.4, -0.2) is 28.7 Å². The normalized spacial score (nSPS) is 18.3. The molecule has 0 radical (unpaired) electrons. The van der Waals surface area contributed by atoms with E-state index in [2.05, 4.69) is 10.2 Å². The van der Waals surface area contributed by atoms with Gasteiger partial charge in [-0.25, -0.2) is 0 Å². The van der Waals surface area contributed by atoms with E-state index < -0.39 is 0 Å². The molecule has 1 saturated heterocycles. The third-order valence-corrected chi connectivity index (χ3v) is 3.38. The Morgan fingerprint density at radius 1 is 1.29 bits per heavy atom. The van der Waals surface area contributed by atoms with Crippen LogP contribution in [0.3, 0.4) is 0 Å². The van der Waals surface area contributed by atoms with E-state index in [1.54, 1.807) is 17.8 Å². The van der Waals surface area contributed by atoms with Gasteiger partial charge in [-0.3, -0.25) is 0 Å². The lowest BCUT2D eigenvalue weighted by Gasteiger charge is -2.20. The topological polar surface area (TPSA) is 61.0 Å². The van der Waals surface area contributed by atoms with E-state index in [0.29, 0.717) is 11.1 Å². The highest BCUT2D eigenvalue weighted by Gasteiger charge is 2.15. The predicted octanol–water partition coefficient (Wildman–Crippen LogP) is 1.33. The first-order valence-corrected chi connectivity index (χ1v) is 5.56. The molecule has 0 aromatic carbocycles. The Morgan fingerprint density at radius 2 is 2.07 bits per heavy atom. The molecular formula is C9H13N3OS. The number of nitrogens with two attached hydrogens (primary N) is 1. The van der Waals surface area contributed by atoms with Gasteiger partial charge in [0.25, 0.3) is 0 Å². The smallest absolute Gasteiger partial charge is 0.146 e. The molecule has 1 aliphatic heterocycles. The molecule has 0 atom stereocenters. The average Bonchev–Trinajstić information content (AvgIpc) is 2.23. The fourth-order valence-electron chi connectivity index (χ4n) is 1.36. The minimum Gasteiger partial charge on any atom is -0.382 e. The fourth-order valence-corrected chi connectivity index (χ4v) is 2.36. The Hall–Kier alpha value is -0.810. The van der Waals surface area contributed by atoms with Crippen molar-refractivity contribution in [3.63, 3.8) is 0 Å². The van der Waals surface area contributed by atoms with Crippen molar-refractivity contribution in [3.05, 3.63) is 12.1 Å². The first-order valence-electron chi connectivity index (χ1n) is 4.68. The van der Waals surface area contributed by atoms with Crippen molar-refractivity contribution < 1.29 is 4.74 Å². The molecule has 4 nitrogen and oxygen atoms in total. The van der Waals surface area contributed by atoms with Gasteiger partial charge in [0.05, 0.1) is 0 Å². The first-order chi connectivity index (χ1) is 6.84. The van der Waals surface area contributed by atoms with Gasteiger partial charge in [-0.05, 0) is 25.0 Å². The summed E-state index contributed by atoms with van der Waals surface area (Å²) in [5.41, 5.74) is 5.46. The van der Waals surface area contributed by atoms with Gasteiger partial charge < -0.3 is 10.5 Å². The van der Waals surface area contributed by atoms with E-state index in [1.807, 2.05) is 6.07 Å². The second-order valence-corrected chi connectivity index (χ2v) is 4.55. The molecule has 0 spiro atoms. The number of thioether (sulfide) groups is 1. The second-order valence-electron chi connectivity index (χ2n) is 3.23. The van der Waals surface area contributed by atoms with Gasteiger partial charge in [0.15, 0.2) is 0 Å². The summed E-state index contributed by atoms with van der Waals surface area (Å²) in [5.74, 6) is 0.473. The number of hydrogen-bond donors (Lipinski definition) is 1. The molecule has 76 valence electrons. The molecule has 1 aromatic rings. The number of anilines is 1. The Morgan fingerprint density at radius 3 is 2.71 bits per heavy atom. The van der Waals surface area contributed by atoms with Crippen LogP contribution in [0.2, 0.25) is 0 Å². The Balaban J connectivity index is 1.92. The van der Waals surface area contributed by atoms with Crippen LogP contribution in [0.1, 0.15) is 12.8 Å². The lowest BCUT2D eigenvalue weighted by atomic mass is 10.2. The zero-order valence-electron chi connectivity index (χ0n) is 7.85. The number of aromatic nitrogens is 2.